The largest absolute Gasteiger partial charge is 0.481 e. The molecule has 0 unspecified atom stereocenters. The number of allylic oxidation sites excluding steroid dienone is 2. The summed E-state index contributed by atoms with van der Waals surface area (Å²) in [5, 5.41) is 8.84. The van der Waals surface area contributed by atoms with E-state index in [1.807, 2.05) is 12.2 Å². The van der Waals surface area contributed by atoms with Gasteiger partial charge in [-0.3, -0.25) is 19.3 Å². The second-order valence-corrected chi connectivity index (χ2v) is 5.41. The molecule has 1 N–H and O–H groups in total. The molecule has 0 radical (unpaired) electrons. The smallest absolute Gasteiger partial charge is 0.307 e. The maximum absolute atomic E-state index is 12.4. The third-order valence-electron chi connectivity index (χ3n) is 4.03. The zero-order valence-electron chi connectivity index (χ0n) is 11.4. The van der Waals surface area contributed by atoms with Crippen LogP contribution < -0.4 is 4.90 Å². The molecular formula is C16H15NO4. The molecule has 1 heterocycles. The van der Waals surface area contributed by atoms with Gasteiger partial charge in [-0.15, -0.1) is 0 Å². The lowest BCUT2D eigenvalue weighted by atomic mass is 9.85. The summed E-state index contributed by atoms with van der Waals surface area (Å²) in [7, 11) is 0. The van der Waals surface area contributed by atoms with Gasteiger partial charge in [0.05, 0.1) is 23.9 Å². The van der Waals surface area contributed by atoms with Gasteiger partial charge in [0, 0.05) is 0 Å². The Kier molecular flexibility index (Phi) is 3.33. The molecule has 3 rings (SSSR count). The van der Waals surface area contributed by atoms with Crippen molar-refractivity contribution in [1.29, 1.82) is 0 Å². The van der Waals surface area contributed by atoms with Crippen LogP contribution in [0, 0.1) is 11.8 Å². The molecule has 0 spiro atoms. The van der Waals surface area contributed by atoms with Gasteiger partial charge in [-0.25, -0.2) is 0 Å². The minimum absolute atomic E-state index is 0.127. The molecule has 1 aromatic carbocycles. The number of carbonyl (C=O) groups excluding carboxylic acids is 2. The molecule has 5 nitrogen and oxygen atoms in total. The highest BCUT2D eigenvalue weighted by Crippen LogP contribution is 2.37. The minimum atomic E-state index is -0.941. The van der Waals surface area contributed by atoms with Gasteiger partial charge in [0.2, 0.25) is 11.8 Å². The van der Waals surface area contributed by atoms with E-state index in [1.54, 1.807) is 24.3 Å². The van der Waals surface area contributed by atoms with Crippen LogP contribution in [0.4, 0.5) is 5.69 Å². The first kappa shape index (κ1) is 13.5. The summed E-state index contributed by atoms with van der Waals surface area (Å²) < 4.78 is 0. The zero-order valence-corrected chi connectivity index (χ0v) is 11.4. The molecule has 1 aliphatic heterocycles. The van der Waals surface area contributed by atoms with Gasteiger partial charge in [-0.1, -0.05) is 24.3 Å². The van der Waals surface area contributed by atoms with Crippen molar-refractivity contribution < 1.29 is 19.5 Å². The fraction of sp³-hybridized carbons (Fsp3) is 0.312. The quantitative estimate of drug-likeness (QED) is 0.678. The van der Waals surface area contributed by atoms with Crippen LogP contribution in [0.2, 0.25) is 0 Å². The van der Waals surface area contributed by atoms with E-state index >= 15 is 0 Å². The predicted molar refractivity (Wildman–Crippen MR) is 75.6 cm³/mol. The second kappa shape index (κ2) is 5.16. The molecule has 5 heteroatoms. The standard InChI is InChI=1S/C16H15NO4/c18-14(19)9-10-4-3-5-11(8-10)17-15(20)12-6-1-2-7-13(12)16(17)21/h1-5,8,12-13H,6-7,9H2,(H,18,19)/t12-,13+. The van der Waals surface area contributed by atoms with Crippen molar-refractivity contribution in [3.8, 4) is 0 Å². The van der Waals surface area contributed by atoms with E-state index in [0.717, 1.165) is 0 Å². The first-order chi connectivity index (χ1) is 10.1. The Morgan fingerprint density at radius 2 is 1.76 bits per heavy atom. The highest BCUT2D eigenvalue weighted by molar-refractivity contribution is 6.22. The topological polar surface area (TPSA) is 74.7 Å². The molecule has 2 amide bonds. The molecule has 0 saturated carbocycles. The van der Waals surface area contributed by atoms with Crippen LogP contribution in [-0.2, 0) is 20.8 Å². The molecule has 1 aliphatic carbocycles. The fourth-order valence-corrected chi connectivity index (χ4v) is 3.03. The first-order valence-electron chi connectivity index (χ1n) is 6.91. The zero-order chi connectivity index (χ0) is 15.0. The van der Waals surface area contributed by atoms with Gasteiger partial charge in [0.25, 0.3) is 0 Å². The SMILES string of the molecule is O=C(O)Cc1cccc(N2C(=O)[C@H]3CC=CC[C@H]3C2=O)c1. The third-order valence-corrected chi connectivity index (χ3v) is 4.03. The molecule has 2 atom stereocenters. The number of fused-ring (bicyclic) bond motifs is 1. The molecule has 1 fully saturated rings. The highest BCUT2D eigenvalue weighted by atomic mass is 16.4. The monoisotopic (exact) mass is 285 g/mol. The van der Waals surface area contributed by atoms with Crippen molar-refractivity contribution in [2.24, 2.45) is 11.8 Å². The molecule has 0 aromatic heterocycles. The second-order valence-electron chi connectivity index (χ2n) is 5.41. The van der Waals surface area contributed by atoms with Crippen molar-refractivity contribution in [2.75, 3.05) is 4.90 Å². The maximum atomic E-state index is 12.4. The van der Waals surface area contributed by atoms with Gasteiger partial charge in [0.1, 0.15) is 0 Å². The van der Waals surface area contributed by atoms with Crippen LogP contribution >= 0.6 is 0 Å². The van der Waals surface area contributed by atoms with Crippen LogP contribution in [0.1, 0.15) is 18.4 Å². The lowest BCUT2D eigenvalue weighted by molar-refractivity contribution is -0.136. The molecule has 1 saturated heterocycles. The van der Waals surface area contributed by atoms with E-state index < -0.39 is 5.97 Å². The molecule has 2 aliphatic rings. The summed E-state index contributed by atoms with van der Waals surface area (Å²) in [6.45, 7) is 0. The van der Waals surface area contributed by atoms with Gasteiger partial charge in [0.15, 0.2) is 0 Å². The Hall–Kier alpha value is -2.43. The maximum Gasteiger partial charge on any atom is 0.307 e. The number of anilines is 1. The average Bonchev–Trinajstić information content (AvgIpc) is 2.71. The summed E-state index contributed by atoms with van der Waals surface area (Å²) in [4.78, 5) is 36.9. The van der Waals surface area contributed by atoms with Crippen molar-refractivity contribution in [3.05, 3.63) is 42.0 Å². The Labute approximate surface area is 121 Å². The van der Waals surface area contributed by atoms with Gasteiger partial charge >= 0.3 is 5.97 Å². The fourth-order valence-electron chi connectivity index (χ4n) is 3.03. The number of hydrogen-bond acceptors (Lipinski definition) is 3. The van der Waals surface area contributed by atoms with Crippen LogP contribution in [0.5, 0.6) is 0 Å². The number of rotatable bonds is 3. The number of carboxylic acid groups (broad SMARTS) is 1. The Morgan fingerprint density at radius 1 is 1.14 bits per heavy atom. The average molecular weight is 285 g/mol. The van der Waals surface area contributed by atoms with E-state index in [1.165, 1.54) is 4.90 Å². The summed E-state index contributed by atoms with van der Waals surface area (Å²) in [5.41, 5.74) is 1.05. The Morgan fingerprint density at radius 3 is 2.33 bits per heavy atom. The van der Waals surface area contributed by atoms with Crippen LogP contribution in [0.15, 0.2) is 36.4 Å². The Balaban J connectivity index is 1.92. The molecule has 0 bridgehead atoms. The van der Waals surface area contributed by atoms with Crippen molar-refractivity contribution in [1.82, 2.24) is 0 Å². The van der Waals surface area contributed by atoms with Crippen molar-refractivity contribution in [2.45, 2.75) is 19.3 Å². The number of benzene rings is 1. The van der Waals surface area contributed by atoms with E-state index in [2.05, 4.69) is 0 Å². The summed E-state index contributed by atoms with van der Waals surface area (Å²) in [5.74, 6) is -1.84. The number of nitrogens with zero attached hydrogens (tertiary/aromatic N) is 1. The van der Waals surface area contributed by atoms with Gasteiger partial charge in [-0.05, 0) is 30.5 Å². The van der Waals surface area contributed by atoms with E-state index in [0.29, 0.717) is 24.1 Å². The number of carbonyl (C=O) groups is 3. The van der Waals surface area contributed by atoms with Crippen LogP contribution in [0.3, 0.4) is 0 Å². The third kappa shape index (κ3) is 2.35. The number of hydrogen-bond donors (Lipinski definition) is 1. The van der Waals surface area contributed by atoms with Crippen molar-refractivity contribution in [3.63, 3.8) is 0 Å². The number of carboxylic acids is 1. The lowest BCUT2D eigenvalue weighted by Gasteiger charge is -2.15. The van der Waals surface area contributed by atoms with Crippen LogP contribution in [-0.4, -0.2) is 22.9 Å². The minimum Gasteiger partial charge on any atom is -0.481 e. The summed E-state index contributed by atoms with van der Waals surface area (Å²) >= 11 is 0. The summed E-state index contributed by atoms with van der Waals surface area (Å²) in [6, 6.07) is 6.63. The number of amides is 2. The first-order valence-corrected chi connectivity index (χ1v) is 6.91. The highest BCUT2D eigenvalue weighted by Gasteiger charge is 2.47. The lowest BCUT2D eigenvalue weighted by Crippen LogP contribution is -2.30. The predicted octanol–water partition coefficient (Wildman–Crippen LogP) is 1.77. The van der Waals surface area contributed by atoms with E-state index in [-0.39, 0.29) is 30.1 Å². The molecule has 1 aromatic rings. The van der Waals surface area contributed by atoms with E-state index in [4.69, 9.17) is 5.11 Å². The normalized spacial score (nSPS) is 24.3. The molecule has 21 heavy (non-hydrogen) atoms. The van der Waals surface area contributed by atoms with Crippen molar-refractivity contribution >= 4 is 23.5 Å². The number of imide groups is 1. The Bertz CT molecular complexity index is 623. The van der Waals surface area contributed by atoms with Crippen LogP contribution in [0.25, 0.3) is 0 Å². The van der Waals surface area contributed by atoms with Gasteiger partial charge in [-0.2, -0.15) is 0 Å². The molecular weight excluding hydrogens is 270 g/mol. The molecule has 108 valence electrons. The summed E-state index contributed by atoms with van der Waals surface area (Å²) in [6.07, 6.45) is 4.95. The van der Waals surface area contributed by atoms with E-state index in [9.17, 15) is 14.4 Å². The van der Waals surface area contributed by atoms with Gasteiger partial charge < -0.3 is 5.11 Å². The number of aliphatic carboxylic acids is 1.